The SMILES string of the molecule is NC(=O)c1cccc(N)c1OCOCC1CC1. The van der Waals surface area contributed by atoms with Crippen molar-refractivity contribution in [2.75, 3.05) is 19.1 Å². The van der Waals surface area contributed by atoms with E-state index >= 15 is 0 Å². The van der Waals surface area contributed by atoms with Gasteiger partial charge in [-0.3, -0.25) is 4.79 Å². The molecule has 0 heterocycles. The first-order valence-corrected chi connectivity index (χ1v) is 5.57. The molecule has 2 rings (SSSR count). The van der Waals surface area contributed by atoms with Gasteiger partial charge in [0.15, 0.2) is 12.5 Å². The Morgan fingerprint density at radius 1 is 1.41 bits per heavy atom. The second-order valence-corrected chi connectivity index (χ2v) is 4.16. The molecule has 5 heteroatoms. The zero-order chi connectivity index (χ0) is 12.3. The highest BCUT2D eigenvalue weighted by Gasteiger charge is 2.21. The van der Waals surface area contributed by atoms with Crippen molar-refractivity contribution >= 4 is 11.6 Å². The zero-order valence-electron chi connectivity index (χ0n) is 9.52. The number of amides is 1. The molecule has 17 heavy (non-hydrogen) atoms. The van der Waals surface area contributed by atoms with Crippen LogP contribution < -0.4 is 16.2 Å². The molecular weight excluding hydrogens is 220 g/mol. The van der Waals surface area contributed by atoms with E-state index in [1.165, 1.54) is 12.8 Å². The van der Waals surface area contributed by atoms with Crippen LogP contribution in [0, 0.1) is 5.92 Å². The molecule has 1 aliphatic carbocycles. The molecule has 0 spiro atoms. The number of hydrogen-bond acceptors (Lipinski definition) is 4. The smallest absolute Gasteiger partial charge is 0.252 e. The van der Waals surface area contributed by atoms with Crippen LogP contribution in [0.2, 0.25) is 0 Å². The Labute approximate surface area is 99.7 Å². The van der Waals surface area contributed by atoms with E-state index in [9.17, 15) is 4.79 Å². The minimum atomic E-state index is -0.561. The van der Waals surface area contributed by atoms with Crippen LogP contribution in [0.15, 0.2) is 18.2 Å². The number of hydrogen-bond donors (Lipinski definition) is 2. The van der Waals surface area contributed by atoms with Crippen molar-refractivity contribution in [2.24, 2.45) is 11.7 Å². The molecule has 1 aromatic carbocycles. The third-order valence-electron chi connectivity index (χ3n) is 2.65. The molecule has 4 N–H and O–H groups in total. The third kappa shape index (κ3) is 3.10. The lowest BCUT2D eigenvalue weighted by atomic mass is 10.1. The van der Waals surface area contributed by atoms with E-state index in [-0.39, 0.29) is 12.4 Å². The molecule has 0 aliphatic heterocycles. The number of nitrogen functional groups attached to an aromatic ring is 1. The van der Waals surface area contributed by atoms with Gasteiger partial charge in [0.1, 0.15) is 0 Å². The van der Waals surface area contributed by atoms with Gasteiger partial charge in [-0.15, -0.1) is 0 Å². The van der Waals surface area contributed by atoms with Crippen molar-refractivity contribution in [3.8, 4) is 5.75 Å². The van der Waals surface area contributed by atoms with Crippen LogP contribution in [-0.2, 0) is 4.74 Å². The molecule has 0 bridgehead atoms. The summed E-state index contributed by atoms with van der Waals surface area (Å²) in [5.74, 6) is 0.410. The number of anilines is 1. The number of carbonyl (C=O) groups is 1. The van der Waals surface area contributed by atoms with Crippen LogP contribution in [-0.4, -0.2) is 19.3 Å². The largest absolute Gasteiger partial charge is 0.465 e. The first kappa shape index (κ1) is 11.7. The summed E-state index contributed by atoms with van der Waals surface area (Å²) >= 11 is 0. The van der Waals surface area contributed by atoms with E-state index in [4.69, 9.17) is 20.9 Å². The summed E-state index contributed by atoms with van der Waals surface area (Å²) in [6, 6.07) is 4.89. The maximum Gasteiger partial charge on any atom is 0.252 e. The van der Waals surface area contributed by atoms with E-state index in [2.05, 4.69) is 0 Å². The lowest BCUT2D eigenvalue weighted by Gasteiger charge is -2.11. The molecule has 1 amide bonds. The van der Waals surface area contributed by atoms with Gasteiger partial charge < -0.3 is 20.9 Å². The topological polar surface area (TPSA) is 87.6 Å². The van der Waals surface area contributed by atoms with Gasteiger partial charge in [0.25, 0.3) is 5.91 Å². The minimum Gasteiger partial charge on any atom is -0.465 e. The highest BCUT2D eigenvalue weighted by Crippen LogP contribution is 2.29. The van der Waals surface area contributed by atoms with E-state index in [0.717, 1.165) is 0 Å². The maximum absolute atomic E-state index is 11.2. The fourth-order valence-electron chi connectivity index (χ4n) is 1.51. The van der Waals surface area contributed by atoms with Crippen molar-refractivity contribution in [3.05, 3.63) is 23.8 Å². The fourth-order valence-corrected chi connectivity index (χ4v) is 1.51. The number of ether oxygens (including phenoxy) is 2. The molecule has 0 saturated heterocycles. The van der Waals surface area contributed by atoms with Crippen molar-refractivity contribution in [1.29, 1.82) is 0 Å². The Kier molecular flexibility index (Phi) is 3.49. The summed E-state index contributed by atoms with van der Waals surface area (Å²) in [5, 5.41) is 0. The first-order valence-electron chi connectivity index (χ1n) is 5.57. The fraction of sp³-hybridized carbons (Fsp3) is 0.417. The van der Waals surface area contributed by atoms with E-state index in [1.54, 1.807) is 18.2 Å². The van der Waals surface area contributed by atoms with Crippen molar-refractivity contribution < 1.29 is 14.3 Å². The summed E-state index contributed by atoms with van der Waals surface area (Å²) in [6.07, 6.45) is 2.44. The summed E-state index contributed by atoms with van der Waals surface area (Å²) in [4.78, 5) is 11.2. The molecule has 1 fully saturated rings. The lowest BCUT2D eigenvalue weighted by molar-refractivity contribution is 0.0100. The molecule has 0 aromatic heterocycles. The average Bonchev–Trinajstić information content (AvgIpc) is 3.09. The summed E-state index contributed by atoms with van der Waals surface area (Å²) in [5.41, 5.74) is 11.6. The minimum absolute atomic E-state index is 0.0883. The lowest BCUT2D eigenvalue weighted by Crippen LogP contribution is -2.15. The average molecular weight is 236 g/mol. The standard InChI is InChI=1S/C12H16N2O3/c13-10-3-1-2-9(12(14)15)11(10)17-7-16-6-8-4-5-8/h1-3,8H,4-7,13H2,(H2,14,15). The molecule has 0 unspecified atom stereocenters. The predicted octanol–water partition coefficient (Wildman–Crippen LogP) is 1.13. The molecule has 1 aliphatic rings. The first-order chi connectivity index (χ1) is 8.18. The van der Waals surface area contributed by atoms with Gasteiger partial charge in [-0.05, 0) is 30.9 Å². The predicted molar refractivity (Wildman–Crippen MR) is 63.5 cm³/mol. The number of carbonyl (C=O) groups excluding carboxylic acids is 1. The Bertz CT molecular complexity index is 416. The highest BCUT2D eigenvalue weighted by atomic mass is 16.7. The molecule has 1 aromatic rings. The van der Waals surface area contributed by atoms with Crippen molar-refractivity contribution in [1.82, 2.24) is 0 Å². The van der Waals surface area contributed by atoms with E-state index in [1.807, 2.05) is 0 Å². The third-order valence-corrected chi connectivity index (χ3v) is 2.65. The maximum atomic E-state index is 11.2. The van der Waals surface area contributed by atoms with Gasteiger partial charge >= 0.3 is 0 Å². The number of benzene rings is 1. The number of nitrogens with two attached hydrogens (primary N) is 2. The Hall–Kier alpha value is -1.75. The summed E-state index contributed by atoms with van der Waals surface area (Å²) in [6.45, 7) is 0.781. The Morgan fingerprint density at radius 2 is 2.18 bits per heavy atom. The molecule has 5 nitrogen and oxygen atoms in total. The van der Waals surface area contributed by atoms with E-state index in [0.29, 0.717) is 24.0 Å². The van der Waals surface area contributed by atoms with Gasteiger partial charge in [0, 0.05) is 0 Å². The van der Waals surface area contributed by atoms with Gasteiger partial charge in [0.2, 0.25) is 0 Å². The zero-order valence-corrected chi connectivity index (χ0v) is 9.52. The summed E-state index contributed by atoms with van der Waals surface area (Å²) < 4.78 is 10.7. The van der Waals surface area contributed by atoms with Crippen LogP contribution in [0.4, 0.5) is 5.69 Å². The Morgan fingerprint density at radius 3 is 2.82 bits per heavy atom. The number of primary amides is 1. The molecule has 92 valence electrons. The second kappa shape index (κ2) is 5.05. The number of para-hydroxylation sites is 1. The van der Waals surface area contributed by atoms with Crippen molar-refractivity contribution in [2.45, 2.75) is 12.8 Å². The van der Waals surface area contributed by atoms with Gasteiger partial charge in [-0.25, -0.2) is 0 Å². The van der Waals surface area contributed by atoms with Crippen LogP contribution in [0.5, 0.6) is 5.75 Å². The Balaban J connectivity index is 1.94. The van der Waals surface area contributed by atoms with Gasteiger partial charge in [-0.2, -0.15) is 0 Å². The second-order valence-electron chi connectivity index (χ2n) is 4.16. The molecule has 0 atom stereocenters. The monoisotopic (exact) mass is 236 g/mol. The normalized spacial score (nSPS) is 14.6. The van der Waals surface area contributed by atoms with Crippen LogP contribution >= 0.6 is 0 Å². The van der Waals surface area contributed by atoms with Crippen LogP contribution in [0.3, 0.4) is 0 Å². The molecule has 0 radical (unpaired) electrons. The number of rotatable bonds is 6. The van der Waals surface area contributed by atoms with E-state index < -0.39 is 5.91 Å². The van der Waals surface area contributed by atoms with Gasteiger partial charge in [0.05, 0.1) is 17.9 Å². The molecular formula is C12H16N2O3. The highest BCUT2D eigenvalue weighted by molar-refractivity contribution is 5.97. The quantitative estimate of drug-likeness (QED) is 0.440. The molecule has 1 saturated carbocycles. The summed E-state index contributed by atoms with van der Waals surface area (Å²) in [7, 11) is 0. The van der Waals surface area contributed by atoms with Crippen LogP contribution in [0.25, 0.3) is 0 Å². The van der Waals surface area contributed by atoms with Crippen molar-refractivity contribution in [3.63, 3.8) is 0 Å². The van der Waals surface area contributed by atoms with Crippen LogP contribution in [0.1, 0.15) is 23.2 Å². The van der Waals surface area contributed by atoms with Gasteiger partial charge in [-0.1, -0.05) is 6.07 Å².